The van der Waals surface area contributed by atoms with E-state index in [4.69, 9.17) is 0 Å². The van der Waals surface area contributed by atoms with Gasteiger partial charge in [0.25, 0.3) is 0 Å². The van der Waals surface area contributed by atoms with Crippen LogP contribution < -0.4 is 4.90 Å². The summed E-state index contributed by atoms with van der Waals surface area (Å²) in [6.07, 6.45) is 0.365. The molecule has 148 valence electrons. The maximum absolute atomic E-state index is 12.9. The van der Waals surface area contributed by atoms with Crippen molar-refractivity contribution in [3.63, 3.8) is 0 Å². The fraction of sp³-hybridized carbons (Fsp3) is 0.619. The molecule has 0 N–H and O–H groups in total. The largest absolute Gasteiger partial charge is 0.368 e. The first kappa shape index (κ1) is 19.7. The number of hydrogen-bond donors (Lipinski definition) is 0. The molecule has 0 bridgehead atoms. The van der Waals surface area contributed by atoms with Gasteiger partial charge in [-0.05, 0) is 45.1 Å². The third-order valence-electron chi connectivity index (χ3n) is 5.89. The third-order valence-corrected chi connectivity index (χ3v) is 5.89. The van der Waals surface area contributed by atoms with Crippen molar-refractivity contribution in [3.8, 4) is 0 Å². The molecule has 2 aliphatic rings. The van der Waals surface area contributed by atoms with Gasteiger partial charge in [-0.2, -0.15) is 0 Å². The number of anilines is 1. The first-order valence-electron chi connectivity index (χ1n) is 9.89. The topological polar surface area (TPSA) is 47.1 Å². The fourth-order valence-electron chi connectivity index (χ4n) is 3.98. The molecule has 2 fully saturated rings. The van der Waals surface area contributed by atoms with Crippen LogP contribution in [0.3, 0.4) is 0 Å². The van der Waals surface area contributed by atoms with E-state index in [0.29, 0.717) is 19.5 Å². The van der Waals surface area contributed by atoms with Crippen LogP contribution in [0.5, 0.6) is 0 Å². The van der Waals surface area contributed by atoms with E-state index in [2.05, 4.69) is 41.8 Å². The smallest absolute Gasteiger partial charge is 0.228 e. The molecule has 0 aliphatic carbocycles. The highest BCUT2D eigenvalue weighted by Gasteiger charge is 2.37. The van der Waals surface area contributed by atoms with Crippen LogP contribution >= 0.6 is 0 Å². The minimum Gasteiger partial charge on any atom is -0.368 e. The number of benzene rings is 1. The zero-order valence-corrected chi connectivity index (χ0v) is 17.1. The molecule has 0 saturated carbocycles. The lowest BCUT2D eigenvalue weighted by Gasteiger charge is -2.38. The number of aryl methyl sites for hydroxylation is 1. The first-order chi connectivity index (χ1) is 12.9. The summed E-state index contributed by atoms with van der Waals surface area (Å²) >= 11 is 0. The Morgan fingerprint density at radius 2 is 1.85 bits per heavy atom. The van der Waals surface area contributed by atoms with Crippen molar-refractivity contribution >= 4 is 17.5 Å². The molecule has 1 unspecified atom stereocenters. The van der Waals surface area contributed by atoms with E-state index in [0.717, 1.165) is 32.7 Å². The lowest BCUT2D eigenvalue weighted by atomic mass is 10.1. The van der Waals surface area contributed by atoms with Crippen molar-refractivity contribution in [2.24, 2.45) is 5.92 Å². The summed E-state index contributed by atoms with van der Waals surface area (Å²) in [4.78, 5) is 33.4. The number of amides is 2. The van der Waals surface area contributed by atoms with Crippen molar-refractivity contribution in [1.82, 2.24) is 14.7 Å². The summed E-state index contributed by atoms with van der Waals surface area (Å²) in [5.41, 5.74) is 3.89. The number of nitrogens with zero attached hydrogens (tertiary/aromatic N) is 4. The van der Waals surface area contributed by atoms with Crippen molar-refractivity contribution in [2.45, 2.75) is 20.3 Å². The Morgan fingerprint density at radius 3 is 2.52 bits per heavy atom. The molecule has 0 spiro atoms. The van der Waals surface area contributed by atoms with Gasteiger partial charge in [0.2, 0.25) is 11.8 Å². The van der Waals surface area contributed by atoms with Crippen LogP contribution in [0.4, 0.5) is 5.69 Å². The molecule has 2 aliphatic heterocycles. The molecule has 6 nitrogen and oxygen atoms in total. The Balaban J connectivity index is 1.54. The second-order valence-corrected chi connectivity index (χ2v) is 8.08. The number of hydrogen-bond acceptors (Lipinski definition) is 4. The van der Waals surface area contributed by atoms with Crippen molar-refractivity contribution in [2.75, 3.05) is 64.8 Å². The van der Waals surface area contributed by atoms with Crippen LogP contribution in [0.2, 0.25) is 0 Å². The van der Waals surface area contributed by atoms with Gasteiger partial charge in [-0.15, -0.1) is 0 Å². The van der Waals surface area contributed by atoms with Gasteiger partial charge >= 0.3 is 0 Å². The van der Waals surface area contributed by atoms with E-state index in [1.165, 1.54) is 16.8 Å². The SMILES string of the molecule is Cc1cccc(N2CCN(C(=O)C3CC(=O)N(CCN(C)C)C3)CC2)c1C. The number of rotatable bonds is 5. The molecule has 2 heterocycles. The molecule has 1 atom stereocenters. The maximum atomic E-state index is 12.9. The quantitative estimate of drug-likeness (QED) is 0.783. The summed E-state index contributed by atoms with van der Waals surface area (Å²) in [5.74, 6) is 0.0902. The minimum atomic E-state index is -0.174. The van der Waals surface area contributed by atoms with Gasteiger partial charge in [0.1, 0.15) is 0 Å². The van der Waals surface area contributed by atoms with E-state index in [9.17, 15) is 9.59 Å². The second kappa shape index (κ2) is 8.30. The molecule has 1 aromatic rings. The van der Waals surface area contributed by atoms with Gasteiger partial charge in [0.05, 0.1) is 5.92 Å². The molecule has 2 amide bonds. The number of likely N-dealkylation sites (N-methyl/N-ethyl adjacent to an activating group) is 1. The van der Waals surface area contributed by atoms with Gasteiger partial charge < -0.3 is 19.6 Å². The Kier molecular flexibility index (Phi) is 6.05. The molecule has 3 rings (SSSR count). The standard InChI is InChI=1S/C21H32N4O2/c1-16-6-5-7-19(17(16)2)23-10-12-24(13-11-23)21(27)18-14-20(26)25(15-18)9-8-22(3)4/h5-7,18H,8-15H2,1-4H3. The molecule has 0 aromatic heterocycles. The van der Waals surface area contributed by atoms with Crippen molar-refractivity contribution in [1.29, 1.82) is 0 Å². The second-order valence-electron chi connectivity index (χ2n) is 8.08. The van der Waals surface area contributed by atoms with Crippen molar-refractivity contribution < 1.29 is 9.59 Å². The van der Waals surface area contributed by atoms with Gasteiger partial charge in [0.15, 0.2) is 0 Å². The molecule has 2 saturated heterocycles. The molecule has 6 heteroatoms. The number of carbonyl (C=O) groups is 2. The van der Waals surface area contributed by atoms with Gasteiger partial charge in [-0.1, -0.05) is 12.1 Å². The van der Waals surface area contributed by atoms with Crippen LogP contribution in [0.25, 0.3) is 0 Å². The Labute approximate surface area is 162 Å². The van der Waals surface area contributed by atoms with E-state index < -0.39 is 0 Å². The van der Waals surface area contributed by atoms with Crippen LogP contribution in [-0.2, 0) is 9.59 Å². The highest BCUT2D eigenvalue weighted by atomic mass is 16.2. The van der Waals surface area contributed by atoms with E-state index >= 15 is 0 Å². The molecule has 27 heavy (non-hydrogen) atoms. The zero-order valence-electron chi connectivity index (χ0n) is 17.1. The van der Waals surface area contributed by atoms with E-state index in [1.807, 2.05) is 23.9 Å². The monoisotopic (exact) mass is 372 g/mol. The Morgan fingerprint density at radius 1 is 1.15 bits per heavy atom. The summed E-state index contributed by atoms with van der Waals surface area (Å²) in [7, 11) is 4.00. The summed E-state index contributed by atoms with van der Waals surface area (Å²) in [6.45, 7) is 9.57. The summed E-state index contributed by atoms with van der Waals surface area (Å²) in [5, 5.41) is 0. The number of carbonyl (C=O) groups excluding carboxylic acids is 2. The van der Waals surface area contributed by atoms with E-state index in [1.54, 1.807) is 0 Å². The highest BCUT2D eigenvalue weighted by molar-refractivity contribution is 5.89. The summed E-state index contributed by atoms with van der Waals surface area (Å²) in [6, 6.07) is 6.40. The van der Waals surface area contributed by atoms with Crippen LogP contribution in [0.1, 0.15) is 17.5 Å². The average molecular weight is 373 g/mol. The van der Waals surface area contributed by atoms with Crippen LogP contribution in [-0.4, -0.2) is 86.4 Å². The average Bonchev–Trinajstić information content (AvgIpc) is 3.02. The Bertz CT molecular complexity index is 695. The maximum Gasteiger partial charge on any atom is 0.228 e. The zero-order chi connectivity index (χ0) is 19.6. The molecule has 0 radical (unpaired) electrons. The van der Waals surface area contributed by atoms with Crippen molar-refractivity contribution in [3.05, 3.63) is 29.3 Å². The van der Waals surface area contributed by atoms with E-state index in [-0.39, 0.29) is 17.7 Å². The fourth-order valence-corrected chi connectivity index (χ4v) is 3.98. The minimum absolute atomic E-state index is 0.115. The predicted octanol–water partition coefficient (Wildman–Crippen LogP) is 1.36. The van der Waals surface area contributed by atoms with Gasteiger partial charge in [-0.3, -0.25) is 9.59 Å². The van der Waals surface area contributed by atoms with Gasteiger partial charge in [-0.25, -0.2) is 0 Å². The van der Waals surface area contributed by atoms with Crippen LogP contribution in [0, 0.1) is 19.8 Å². The third kappa shape index (κ3) is 4.43. The predicted molar refractivity (Wildman–Crippen MR) is 108 cm³/mol. The lowest BCUT2D eigenvalue weighted by molar-refractivity contribution is -0.136. The number of piperazine rings is 1. The highest BCUT2D eigenvalue weighted by Crippen LogP contribution is 2.25. The number of likely N-dealkylation sites (tertiary alicyclic amines) is 1. The van der Waals surface area contributed by atoms with Crippen LogP contribution in [0.15, 0.2) is 18.2 Å². The summed E-state index contributed by atoms with van der Waals surface area (Å²) < 4.78 is 0. The molecule has 1 aromatic carbocycles. The molecular formula is C21H32N4O2. The van der Waals surface area contributed by atoms with Gasteiger partial charge in [0, 0.05) is 57.9 Å². The normalized spacial score (nSPS) is 20.7. The Hall–Kier alpha value is -2.08. The first-order valence-corrected chi connectivity index (χ1v) is 9.89. The molecular weight excluding hydrogens is 340 g/mol. The lowest BCUT2D eigenvalue weighted by Crippen LogP contribution is -2.51.